The molecule has 0 heterocycles. The lowest BCUT2D eigenvalue weighted by Crippen LogP contribution is -2.07. The van der Waals surface area contributed by atoms with Crippen LogP contribution in [0.2, 0.25) is 0 Å². The highest BCUT2D eigenvalue weighted by molar-refractivity contribution is 5.87. The number of nitriles is 1. The number of anilines is 1. The van der Waals surface area contributed by atoms with E-state index in [1.165, 1.54) is 12.3 Å². The number of benzene rings is 1. The number of nitrogens with zero attached hydrogens (tertiary/aromatic N) is 2. The number of hydrogen-bond donors (Lipinski definition) is 0. The minimum Gasteiger partial charge on any atom is -0.378 e. The van der Waals surface area contributed by atoms with Gasteiger partial charge in [0.05, 0.1) is 0 Å². The SMILES string of the molecule is CN(C)c1ccc(C=CC(=O)OC#N)cc1. The van der Waals surface area contributed by atoms with Crippen LogP contribution in [0.5, 0.6) is 0 Å². The molecule has 1 aromatic carbocycles. The molecule has 0 radical (unpaired) electrons. The Morgan fingerprint density at radius 2 is 2.00 bits per heavy atom. The molecule has 16 heavy (non-hydrogen) atoms. The van der Waals surface area contributed by atoms with E-state index in [0.29, 0.717) is 0 Å². The van der Waals surface area contributed by atoms with Gasteiger partial charge in [-0.05, 0) is 23.8 Å². The average molecular weight is 216 g/mol. The molecule has 0 atom stereocenters. The second-order valence-corrected chi connectivity index (χ2v) is 3.33. The average Bonchev–Trinajstić information content (AvgIpc) is 2.27. The summed E-state index contributed by atoms with van der Waals surface area (Å²) in [5, 5.41) is 8.10. The Balaban J connectivity index is 2.69. The third-order valence-electron chi connectivity index (χ3n) is 1.97. The summed E-state index contributed by atoms with van der Waals surface area (Å²) in [7, 11) is 3.91. The van der Waals surface area contributed by atoms with Crippen molar-refractivity contribution in [2.45, 2.75) is 0 Å². The second-order valence-electron chi connectivity index (χ2n) is 3.33. The summed E-state index contributed by atoms with van der Waals surface area (Å²) in [5.74, 6) is -0.667. The van der Waals surface area contributed by atoms with Crippen LogP contribution in [0.15, 0.2) is 30.3 Å². The number of carbonyl (C=O) groups is 1. The smallest absolute Gasteiger partial charge is 0.346 e. The van der Waals surface area contributed by atoms with Crippen LogP contribution in [-0.2, 0) is 9.53 Å². The van der Waals surface area contributed by atoms with Crippen LogP contribution in [0.4, 0.5) is 5.69 Å². The molecule has 0 spiro atoms. The summed E-state index contributed by atoms with van der Waals surface area (Å²) in [5.41, 5.74) is 1.96. The highest BCUT2D eigenvalue weighted by Gasteiger charge is 1.96. The number of ether oxygens (including phenoxy) is 1. The predicted molar refractivity (Wildman–Crippen MR) is 61.5 cm³/mol. The molecule has 0 aliphatic heterocycles. The fraction of sp³-hybridized carbons (Fsp3) is 0.167. The van der Waals surface area contributed by atoms with E-state index in [1.54, 1.807) is 6.08 Å². The van der Waals surface area contributed by atoms with E-state index in [-0.39, 0.29) is 0 Å². The lowest BCUT2D eigenvalue weighted by Gasteiger charge is -2.11. The van der Waals surface area contributed by atoms with Gasteiger partial charge in [-0.2, -0.15) is 0 Å². The zero-order valence-corrected chi connectivity index (χ0v) is 9.18. The first-order valence-corrected chi connectivity index (χ1v) is 4.69. The Morgan fingerprint density at radius 3 is 2.50 bits per heavy atom. The fourth-order valence-electron chi connectivity index (χ4n) is 1.13. The van der Waals surface area contributed by atoms with Crippen LogP contribution in [0, 0.1) is 11.5 Å². The van der Waals surface area contributed by atoms with Crippen molar-refractivity contribution in [2.24, 2.45) is 0 Å². The minimum atomic E-state index is -0.667. The van der Waals surface area contributed by atoms with Crippen LogP contribution < -0.4 is 4.90 Å². The number of esters is 1. The molecule has 4 nitrogen and oxygen atoms in total. The molecule has 0 amide bonds. The van der Waals surface area contributed by atoms with Gasteiger partial charge in [0.15, 0.2) is 0 Å². The van der Waals surface area contributed by atoms with Crippen LogP contribution in [-0.4, -0.2) is 20.1 Å². The molecule has 4 heteroatoms. The van der Waals surface area contributed by atoms with E-state index < -0.39 is 5.97 Å². The van der Waals surface area contributed by atoms with Gasteiger partial charge in [-0.1, -0.05) is 12.1 Å². The molecule has 0 unspecified atom stereocenters. The quantitative estimate of drug-likeness (QED) is 0.439. The number of carbonyl (C=O) groups excluding carboxylic acids is 1. The van der Waals surface area contributed by atoms with Crippen LogP contribution >= 0.6 is 0 Å². The van der Waals surface area contributed by atoms with Crippen molar-refractivity contribution in [1.29, 1.82) is 5.26 Å². The van der Waals surface area contributed by atoms with Gasteiger partial charge in [-0.15, -0.1) is 5.26 Å². The first kappa shape index (κ1) is 11.8. The Kier molecular flexibility index (Phi) is 4.10. The molecule has 0 saturated carbocycles. The standard InChI is InChI=1S/C12H12N2O2/c1-14(2)11-6-3-10(4-7-11)5-8-12(15)16-9-13/h3-8H,1-2H3. The normalized spacial score (nSPS) is 9.81. The van der Waals surface area contributed by atoms with Gasteiger partial charge in [0, 0.05) is 25.9 Å². The van der Waals surface area contributed by atoms with Gasteiger partial charge in [-0.25, -0.2) is 4.79 Å². The molecular weight excluding hydrogens is 204 g/mol. The summed E-state index contributed by atoms with van der Waals surface area (Å²) in [6.45, 7) is 0. The molecule has 0 fully saturated rings. The number of hydrogen-bond acceptors (Lipinski definition) is 4. The minimum absolute atomic E-state index is 0.667. The zero-order valence-electron chi connectivity index (χ0n) is 9.18. The molecular formula is C12H12N2O2. The Hall–Kier alpha value is -2.28. The lowest BCUT2D eigenvalue weighted by atomic mass is 10.2. The maximum atomic E-state index is 10.9. The second kappa shape index (κ2) is 5.56. The molecule has 0 bridgehead atoms. The summed E-state index contributed by atoms with van der Waals surface area (Å²) < 4.78 is 4.10. The third-order valence-corrected chi connectivity index (χ3v) is 1.97. The van der Waals surface area contributed by atoms with Gasteiger partial charge in [-0.3, -0.25) is 0 Å². The van der Waals surface area contributed by atoms with E-state index in [2.05, 4.69) is 4.74 Å². The van der Waals surface area contributed by atoms with E-state index in [9.17, 15) is 4.79 Å². The first-order valence-electron chi connectivity index (χ1n) is 4.69. The van der Waals surface area contributed by atoms with Crippen molar-refractivity contribution in [3.63, 3.8) is 0 Å². The van der Waals surface area contributed by atoms with Gasteiger partial charge >= 0.3 is 5.97 Å². The Labute approximate surface area is 94.4 Å². The maximum Gasteiger partial charge on any atom is 0.346 e. The van der Waals surface area contributed by atoms with Crippen LogP contribution in [0.1, 0.15) is 5.56 Å². The predicted octanol–water partition coefficient (Wildman–Crippen LogP) is 1.79. The summed E-state index contributed by atoms with van der Waals surface area (Å²) in [6.07, 6.45) is 4.13. The van der Waals surface area contributed by atoms with E-state index >= 15 is 0 Å². The van der Waals surface area contributed by atoms with Gasteiger partial charge < -0.3 is 9.64 Å². The molecule has 0 aliphatic carbocycles. The molecule has 1 aromatic rings. The van der Waals surface area contributed by atoms with Gasteiger partial charge in [0.1, 0.15) is 0 Å². The summed E-state index contributed by atoms with van der Waals surface area (Å²) in [4.78, 5) is 12.8. The van der Waals surface area contributed by atoms with Gasteiger partial charge in [0.2, 0.25) is 0 Å². The van der Waals surface area contributed by atoms with Gasteiger partial charge in [0.25, 0.3) is 6.26 Å². The van der Waals surface area contributed by atoms with Crippen molar-refractivity contribution in [2.75, 3.05) is 19.0 Å². The molecule has 82 valence electrons. The maximum absolute atomic E-state index is 10.9. The van der Waals surface area contributed by atoms with E-state index in [0.717, 1.165) is 11.3 Å². The van der Waals surface area contributed by atoms with Crippen molar-refractivity contribution in [1.82, 2.24) is 0 Å². The first-order chi connectivity index (χ1) is 7.63. The van der Waals surface area contributed by atoms with Crippen LogP contribution in [0.25, 0.3) is 6.08 Å². The summed E-state index contributed by atoms with van der Waals surface area (Å²) >= 11 is 0. The lowest BCUT2D eigenvalue weighted by molar-refractivity contribution is -0.131. The summed E-state index contributed by atoms with van der Waals surface area (Å²) in [6, 6.07) is 7.64. The molecule has 0 aliphatic rings. The Morgan fingerprint density at radius 1 is 1.38 bits per heavy atom. The van der Waals surface area contributed by atoms with E-state index in [4.69, 9.17) is 5.26 Å². The largest absolute Gasteiger partial charge is 0.378 e. The monoisotopic (exact) mass is 216 g/mol. The van der Waals surface area contributed by atoms with Crippen molar-refractivity contribution >= 4 is 17.7 Å². The molecule has 0 aromatic heterocycles. The number of rotatable bonds is 3. The Bertz CT molecular complexity index is 427. The third kappa shape index (κ3) is 3.46. The zero-order chi connectivity index (χ0) is 12.0. The van der Waals surface area contributed by atoms with E-state index in [1.807, 2.05) is 43.3 Å². The molecule has 0 N–H and O–H groups in total. The molecule has 1 rings (SSSR count). The highest BCUT2D eigenvalue weighted by atomic mass is 16.5. The highest BCUT2D eigenvalue weighted by Crippen LogP contribution is 2.13. The van der Waals surface area contributed by atoms with Crippen LogP contribution in [0.3, 0.4) is 0 Å². The van der Waals surface area contributed by atoms with Crippen molar-refractivity contribution < 1.29 is 9.53 Å². The fourth-order valence-corrected chi connectivity index (χ4v) is 1.13. The van der Waals surface area contributed by atoms with Crippen molar-refractivity contribution in [3.05, 3.63) is 35.9 Å². The van der Waals surface area contributed by atoms with Crippen molar-refractivity contribution in [3.8, 4) is 6.26 Å². The topological polar surface area (TPSA) is 53.3 Å². The molecule has 0 saturated heterocycles.